The smallest absolute Gasteiger partial charge is 0.235 e. The maximum atomic E-state index is 15.1. The number of halogens is 3. The van der Waals surface area contributed by atoms with Crippen LogP contribution >= 0.6 is 15.9 Å². The maximum Gasteiger partial charge on any atom is 0.235 e. The van der Waals surface area contributed by atoms with Crippen molar-refractivity contribution in [3.8, 4) is 11.1 Å². The number of hydrogen-bond acceptors (Lipinski definition) is 9. The van der Waals surface area contributed by atoms with Crippen LogP contribution in [0, 0.1) is 35.3 Å². The van der Waals surface area contributed by atoms with Gasteiger partial charge in [-0.3, -0.25) is 14.5 Å². The van der Waals surface area contributed by atoms with Crippen molar-refractivity contribution in [1.82, 2.24) is 25.1 Å². The van der Waals surface area contributed by atoms with Gasteiger partial charge in [-0.05, 0) is 86.3 Å². The molecule has 1 aromatic heterocycles. The Kier molecular flexibility index (Phi) is 10.2. The first kappa shape index (κ1) is 38.0. The highest BCUT2D eigenvalue weighted by Crippen LogP contribution is 2.51. The molecule has 9 rings (SSSR count). The van der Waals surface area contributed by atoms with Crippen molar-refractivity contribution < 1.29 is 29.3 Å². The highest BCUT2D eigenvalue weighted by molar-refractivity contribution is 9.10. The van der Waals surface area contributed by atoms with Gasteiger partial charge in [-0.1, -0.05) is 36.0 Å². The third-order valence-corrected chi connectivity index (χ3v) is 12.4. The molecule has 54 heavy (non-hydrogen) atoms. The van der Waals surface area contributed by atoms with E-state index in [9.17, 15) is 14.0 Å². The van der Waals surface area contributed by atoms with Crippen molar-refractivity contribution in [2.24, 2.45) is 34.4 Å². The number of guanidine groups is 1. The fourth-order valence-corrected chi connectivity index (χ4v) is 8.79. The van der Waals surface area contributed by atoms with E-state index in [1.54, 1.807) is 50.8 Å². The summed E-state index contributed by atoms with van der Waals surface area (Å²) in [4.78, 5) is 41.8. The summed E-state index contributed by atoms with van der Waals surface area (Å²) in [6, 6.07) is 9.60. The zero-order chi connectivity index (χ0) is 37.2. The number of aromatic nitrogens is 2. The van der Waals surface area contributed by atoms with E-state index in [2.05, 4.69) is 42.8 Å². The summed E-state index contributed by atoms with van der Waals surface area (Å²) >= 11 is 3.41. The Bertz CT molecular complexity index is 2000. The van der Waals surface area contributed by atoms with Crippen molar-refractivity contribution in [2.45, 2.75) is 69.2 Å². The van der Waals surface area contributed by atoms with E-state index in [1.807, 2.05) is 0 Å². The molecule has 0 radical (unpaired) electrons. The fraction of sp³-hybridized carbons (Fsp3) is 0.475. The molecule has 0 spiro atoms. The number of rotatable bonds is 5. The van der Waals surface area contributed by atoms with Gasteiger partial charge >= 0.3 is 0 Å². The Morgan fingerprint density at radius 1 is 0.870 bits per heavy atom. The van der Waals surface area contributed by atoms with Crippen molar-refractivity contribution >= 4 is 33.7 Å². The van der Waals surface area contributed by atoms with Crippen LogP contribution in [0.5, 0.6) is 0 Å². The molecule has 5 fully saturated rings. The number of ether oxygens (including phenoxy) is 2. The van der Waals surface area contributed by atoms with Crippen molar-refractivity contribution in [3.05, 3.63) is 94.8 Å². The molecule has 0 bridgehead atoms. The molecule has 3 saturated heterocycles. The van der Waals surface area contributed by atoms with Crippen LogP contribution in [0.15, 0.2) is 77.0 Å². The summed E-state index contributed by atoms with van der Waals surface area (Å²) in [5, 5.41) is 3.30. The third kappa shape index (κ3) is 6.59. The minimum Gasteiger partial charge on any atom is -0.375 e. The average molecular weight is 809 g/mol. The van der Waals surface area contributed by atoms with Crippen molar-refractivity contribution in [3.63, 3.8) is 0 Å². The van der Waals surface area contributed by atoms with E-state index >= 15 is 4.39 Å². The number of carbonyl (C=O) groups excluding carboxylic acids is 2. The summed E-state index contributed by atoms with van der Waals surface area (Å²) < 4.78 is 42.8. The lowest BCUT2D eigenvalue weighted by molar-refractivity contribution is -0.155. The number of nitrogens with two attached hydrogens (primary N) is 1. The van der Waals surface area contributed by atoms with Crippen LogP contribution in [0.4, 0.5) is 8.78 Å². The monoisotopic (exact) mass is 807 g/mol. The molecule has 2 aromatic carbocycles. The second-order valence-electron chi connectivity index (χ2n) is 15.1. The Labute approximate surface area is 324 Å². The molecule has 4 aliphatic heterocycles. The Morgan fingerprint density at radius 3 is 2.13 bits per heavy atom. The first-order chi connectivity index (χ1) is 25.4. The molecule has 2 amide bonds. The first-order valence-electron chi connectivity index (χ1n) is 18.0. The molecule has 3 N–H and O–H groups in total. The average Bonchev–Trinajstić information content (AvgIpc) is 4.09. The van der Waals surface area contributed by atoms with E-state index in [1.165, 1.54) is 28.3 Å². The minimum absolute atomic E-state index is 0. The largest absolute Gasteiger partial charge is 0.375 e. The molecule has 2 saturated carbocycles. The normalized spacial score (nSPS) is 30.5. The van der Waals surface area contributed by atoms with Crippen molar-refractivity contribution in [2.75, 3.05) is 27.3 Å². The predicted octanol–water partition coefficient (Wildman–Crippen LogP) is 6.09. The summed E-state index contributed by atoms with van der Waals surface area (Å²) in [7, 11) is 3.32. The van der Waals surface area contributed by atoms with Crippen LogP contribution in [0.1, 0.15) is 58.5 Å². The number of hydrogen-bond donors (Lipinski definition) is 2. The highest BCUT2D eigenvalue weighted by atomic mass is 79.9. The van der Waals surface area contributed by atoms with Gasteiger partial charge in [0.15, 0.2) is 5.96 Å². The Balaban J connectivity index is 0.000000183. The molecule has 0 unspecified atom stereocenters. The van der Waals surface area contributed by atoms with E-state index in [4.69, 9.17) is 15.2 Å². The molecule has 14 heteroatoms. The number of amides is 2. The highest BCUT2D eigenvalue weighted by Gasteiger charge is 2.57. The van der Waals surface area contributed by atoms with Gasteiger partial charge in [-0.2, -0.15) is 0 Å². The van der Waals surface area contributed by atoms with Crippen LogP contribution in [0.2, 0.25) is 0 Å². The second-order valence-corrected chi connectivity index (χ2v) is 16.0. The minimum atomic E-state index is -1.17. The van der Waals surface area contributed by atoms with Gasteiger partial charge in [-0.25, -0.2) is 23.7 Å². The van der Waals surface area contributed by atoms with Gasteiger partial charge in [0.1, 0.15) is 34.9 Å². The number of fused-ring (bicyclic) bond motifs is 2. The molecule has 288 valence electrons. The topological polar surface area (TPSA) is 135 Å². The van der Waals surface area contributed by atoms with Gasteiger partial charge in [0.2, 0.25) is 11.8 Å². The van der Waals surface area contributed by atoms with Gasteiger partial charge in [0, 0.05) is 49.1 Å². The van der Waals surface area contributed by atoms with Gasteiger partial charge in [0.05, 0.1) is 37.3 Å². The predicted molar refractivity (Wildman–Crippen MR) is 204 cm³/mol. The SMILES string of the molecule is C.C=C1N[C@@]2(c3cc(Br)ccc3F)CO[C@@H](C3CC3)C[C@H]2C(=O)N1C.CN1C(=O)[C@@H]2C[C@H](C3CC3)OC[C@]2(c2cc(-c3cncnc3)ccc2F)N=C1N.[HH]. The lowest BCUT2D eigenvalue weighted by Gasteiger charge is -2.52. The van der Waals surface area contributed by atoms with Crippen LogP contribution in [-0.2, 0) is 30.1 Å². The lowest BCUT2D eigenvalue weighted by atomic mass is 9.71. The van der Waals surface area contributed by atoms with E-state index in [-0.39, 0.29) is 63.8 Å². The number of nitrogens with zero attached hydrogens (tertiary/aromatic N) is 5. The number of aliphatic imine (C=N–C) groups is 1. The molecule has 5 heterocycles. The quantitative estimate of drug-likeness (QED) is 0.316. The van der Waals surface area contributed by atoms with E-state index in [0.29, 0.717) is 41.6 Å². The van der Waals surface area contributed by atoms with E-state index < -0.39 is 22.8 Å². The lowest BCUT2D eigenvalue weighted by Crippen LogP contribution is -2.66. The third-order valence-electron chi connectivity index (χ3n) is 11.9. The molecule has 11 nitrogen and oxygen atoms in total. The summed E-state index contributed by atoms with van der Waals surface area (Å²) in [6.07, 6.45) is 10.5. The molecule has 3 aromatic rings. The van der Waals surface area contributed by atoms with E-state index in [0.717, 1.165) is 41.3 Å². The number of benzene rings is 2. The maximum absolute atomic E-state index is 15.1. The van der Waals surface area contributed by atoms with Crippen LogP contribution in [0.3, 0.4) is 0 Å². The van der Waals surface area contributed by atoms with Gasteiger partial charge in [0.25, 0.3) is 0 Å². The second kappa shape index (κ2) is 14.4. The van der Waals surface area contributed by atoms with Crippen LogP contribution < -0.4 is 11.1 Å². The Hall–Kier alpha value is -4.27. The first-order valence-corrected chi connectivity index (χ1v) is 18.8. The molecule has 2 aliphatic carbocycles. The summed E-state index contributed by atoms with van der Waals surface area (Å²) in [5.41, 5.74) is 6.27. The Morgan fingerprint density at radius 2 is 1.46 bits per heavy atom. The molecular weight excluding hydrogens is 760 g/mol. The summed E-state index contributed by atoms with van der Waals surface area (Å²) in [5.74, 6) is -0.243. The van der Waals surface area contributed by atoms with Crippen molar-refractivity contribution in [1.29, 1.82) is 0 Å². The van der Waals surface area contributed by atoms with Crippen LogP contribution in [-0.4, -0.2) is 77.1 Å². The molecule has 6 atom stereocenters. The van der Waals surface area contributed by atoms with Gasteiger partial charge in [-0.15, -0.1) is 0 Å². The van der Waals surface area contributed by atoms with Gasteiger partial charge < -0.3 is 25.4 Å². The zero-order valence-corrected chi connectivity index (χ0v) is 31.2. The summed E-state index contributed by atoms with van der Waals surface area (Å²) in [6.45, 7) is 4.33. The standard InChI is InChI=1S/C21H22FN5O2.C18H20BrFN2O2.CH4.H2/c1-27-19(28)16-7-18(12-2-3-12)29-10-21(16,26-20(27)23)15-6-13(4-5-17(15)22)14-8-24-11-25-9-14;1-10-21-18(13-7-12(19)5-6-15(13)20)9-24-16(11-3-4-11)8-14(18)17(23)22(10)2;;/h4-6,8-9,11-12,16,18H,2-3,7,10H2,1H3,(H2,23,26);5-7,11,14,16,21H,1,3-4,8-9H2,2H3;1H4;1H/t16-,18+,21+;14-,16+,18+;;/m00../s1. The molecular formula is C40H48BrF2N7O4. The number of carbonyl (C=O) groups is 2. The molecule has 6 aliphatic rings. The zero-order valence-electron chi connectivity index (χ0n) is 29.6. The number of nitrogens with one attached hydrogen (secondary N) is 1. The van der Waals surface area contributed by atoms with Crippen LogP contribution in [0.25, 0.3) is 11.1 Å². The fourth-order valence-electron chi connectivity index (χ4n) is 8.43.